The number of benzene rings is 2. The van der Waals surface area contributed by atoms with E-state index in [4.69, 9.17) is 9.47 Å². The van der Waals surface area contributed by atoms with E-state index < -0.39 is 0 Å². The van der Waals surface area contributed by atoms with Gasteiger partial charge in [-0.1, -0.05) is 31.4 Å². The maximum Gasteiger partial charge on any atom is 0.263 e. The fraction of sp³-hybridized carbons (Fsp3) is 0.483. The number of fused-ring (bicyclic) bond motifs is 2. The van der Waals surface area contributed by atoms with Crippen LogP contribution in [0.3, 0.4) is 0 Å². The van der Waals surface area contributed by atoms with Gasteiger partial charge in [0.1, 0.15) is 0 Å². The number of carbonyl (C=O) groups is 3. The number of hydrogen-bond donors (Lipinski definition) is 0. The lowest BCUT2D eigenvalue weighted by Gasteiger charge is -2.38. The van der Waals surface area contributed by atoms with Crippen LogP contribution in [0.5, 0.6) is 11.5 Å². The van der Waals surface area contributed by atoms with Crippen molar-refractivity contribution in [3.05, 3.63) is 53.1 Å². The quantitative estimate of drug-likeness (QED) is 0.569. The Morgan fingerprint density at radius 1 is 0.973 bits per heavy atom. The highest BCUT2D eigenvalue weighted by Crippen LogP contribution is 2.37. The topological polar surface area (TPSA) is 79.4 Å². The van der Waals surface area contributed by atoms with Crippen LogP contribution >= 0.6 is 0 Å². The van der Waals surface area contributed by atoms with Gasteiger partial charge in [-0.3, -0.25) is 19.3 Å². The normalized spacial score (nSPS) is 21.4. The molecule has 3 amide bonds. The number of hydrogen-bond acceptors (Lipinski definition) is 6. The lowest BCUT2D eigenvalue weighted by molar-refractivity contribution is -0.137. The third-order valence-corrected chi connectivity index (χ3v) is 8.34. The largest absolute Gasteiger partial charge is 0.454 e. The molecule has 1 saturated carbocycles. The number of rotatable bonds is 5. The lowest BCUT2D eigenvalue weighted by atomic mass is 9.91. The van der Waals surface area contributed by atoms with Gasteiger partial charge >= 0.3 is 0 Å². The number of anilines is 1. The van der Waals surface area contributed by atoms with Crippen molar-refractivity contribution in [1.29, 1.82) is 0 Å². The highest BCUT2D eigenvalue weighted by molar-refractivity contribution is 6.23. The van der Waals surface area contributed by atoms with Crippen molar-refractivity contribution in [3.63, 3.8) is 0 Å². The van der Waals surface area contributed by atoms with Crippen molar-refractivity contribution in [3.8, 4) is 11.5 Å². The molecule has 4 aliphatic rings. The fourth-order valence-corrected chi connectivity index (χ4v) is 6.28. The van der Waals surface area contributed by atoms with Crippen LogP contribution in [0.1, 0.15) is 71.2 Å². The molecule has 1 atom stereocenters. The molecule has 194 valence electrons. The molecule has 2 aromatic carbocycles. The summed E-state index contributed by atoms with van der Waals surface area (Å²) in [5.74, 6) is 0.806. The zero-order valence-corrected chi connectivity index (χ0v) is 21.3. The summed E-state index contributed by atoms with van der Waals surface area (Å²) in [5, 5.41) is 0. The molecule has 1 unspecified atom stereocenters. The van der Waals surface area contributed by atoms with Gasteiger partial charge in [0.2, 0.25) is 12.7 Å². The molecule has 8 nitrogen and oxygen atoms in total. The first-order valence-electron chi connectivity index (χ1n) is 13.4. The van der Waals surface area contributed by atoms with Crippen LogP contribution in [0.4, 0.5) is 5.69 Å². The van der Waals surface area contributed by atoms with Crippen LogP contribution < -0.4 is 14.4 Å². The van der Waals surface area contributed by atoms with Crippen molar-refractivity contribution in [2.75, 3.05) is 31.8 Å². The van der Waals surface area contributed by atoms with Crippen molar-refractivity contribution in [2.45, 2.75) is 57.5 Å². The van der Waals surface area contributed by atoms with Crippen LogP contribution in [-0.4, -0.2) is 60.5 Å². The molecular formula is C29H33N3O5. The standard InChI is InChI=1S/C29H33N3O5/c1-30(21-8-3-2-4-9-21)27(33)20-7-6-14-31(17-20)23-11-5-10-22-26(23)29(35)32(28(22)34)16-19-12-13-24-25(15-19)37-18-36-24/h5,10-13,15,20-21H,2-4,6-9,14,16-18H2,1H3. The molecule has 1 saturated heterocycles. The summed E-state index contributed by atoms with van der Waals surface area (Å²) in [5.41, 5.74) is 2.43. The maximum atomic E-state index is 13.6. The molecule has 0 aromatic heterocycles. The Morgan fingerprint density at radius 3 is 2.62 bits per heavy atom. The molecular weight excluding hydrogens is 470 g/mol. The molecule has 8 heteroatoms. The van der Waals surface area contributed by atoms with E-state index in [0.29, 0.717) is 35.2 Å². The molecule has 1 aliphatic carbocycles. The van der Waals surface area contributed by atoms with E-state index in [0.717, 1.165) is 43.5 Å². The Kier molecular flexibility index (Phi) is 6.26. The number of carbonyl (C=O) groups excluding carboxylic acids is 3. The summed E-state index contributed by atoms with van der Waals surface area (Å²) < 4.78 is 10.8. The minimum absolute atomic E-state index is 0.103. The molecule has 0 spiro atoms. The average Bonchev–Trinajstić information content (AvgIpc) is 3.51. The Bertz CT molecular complexity index is 1240. The molecule has 0 radical (unpaired) electrons. The van der Waals surface area contributed by atoms with E-state index in [1.165, 1.54) is 24.2 Å². The summed E-state index contributed by atoms with van der Waals surface area (Å²) >= 11 is 0. The zero-order chi connectivity index (χ0) is 25.5. The Morgan fingerprint density at radius 2 is 1.78 bits per heavy atom. The van der Waals surface area contributed by atoms with Crippen molar-refractivity contribution >= 4 is 23.4 Å². The van der Waals surface area contributed by atoms with E-state index in [2.05, 4.69) is 4.90 Å². The van der Waals surface area contributed by atoms with Gasteiger partial charge in [0, 0.05) is 26.2 Å². The lowest BCUT2D eigenvalue weighted by Crippen LogP contribution is -2.47. The number of amides is 3. The predicted molar refractivity (Wildman–Crippen MR) is 138 cm³/mol. The predicted octanol–water partition coefficient (Wildman–Crippen LogP) is 4.22. The molecule has 2 aromatic rings. The molecule has 37 heavy (non-hydrogen) atoms. The van der Waals surface area contributed by atoms with Gasteiger partial charge in [0.25, 0.3) is 11.8 Å². The molecule has 0 N–H and O–H groups in total. The van der Waals surface area contributed by atoms with Crippen molar-refractivity contribution in [2.24, 2.45) is 5.92 Å². The summed E-state index contributed by atoms with van der Waals surface area (Å²) in [6.07, 6.45) is 7.53. The second-order valence-corrected chi connectivity index (χ2v) is 10.6. The van der Waals surface area contributed by atoms with Gasteiger partial charge in [-0.2, -0.15) is 0 Å². The smallest absolute Gasteiger partial charge is 0.263 e. The van der Waals surface area contributed by atoms with Gasteiger partial charge < -0.3 is 19.3 Å². The van der Waals surface area contributed by atoms with E-state index in [1.54, 1.807) is 12.1 Å². The summed E-state index contributed by atoms with van der Waals surface area (Å²) in [4.78, 5) is 45.7. The molecule has 3 heterocycles. The summed E-state index contributed by atoms with van der Waals surface area (Å²) in [7, 11) is 1.95. The van der Waals surface area contributed by atoms with Crippen LogP contribution in [-0.2, 0) is 11.3 Å². The zero-order valence-electron chi connectivity index (χ0n) is 21.3. The summed E-state index contributed by atoms with van der Waals surface area (Å²) in [6.45, 7) is 1.66. The molecule has 0 bridgehead atoms. The van der Waals surface area contributed by atoms with Gasteiger partial charge in [-0.15, -0.1) is 0 Å². The van der Waals surface area contributed by atoms with Crippen LogP contribution in [0, 0.1) is 5.92 Å². The maximum absolute atomic E-state index is 13.6. The molecule has 2 fully saturated rings. The van der Waals surface area contributed by atoms with Crippen LogP contribution in [0.2, 0.25) is 0 Å². The van der Waals surface area contributed by atoms with Gasteiger partial charge in [0.15, 0.2) is 11.5 Å². The fourth-order valence-electron chi connectivity index (χ4n) is 6.28. The van der Waals surface area contributed by atoms with Crippen LogP contribution in [0.15, 0.2) is 36.4 Å². The number of imide groups is 1. The van der Waals surface area contributed by atoms with Crippen molar-refractivity contribution in [1.82, 2.24) is 9.80 Å². The minimum atomic E-state index is -0.291. The monoisotopic (exact) mass is 503 g/mol. The van der Waals surface area contributed by atoms with E-state index >= 15 is 0 Å². The number of piperidine rings is 1. The Hall–Kier alpha value is -3.55. The van der Waals surface area contributed by atoms with E-state index in [1.807, 2.05) is 36.2 Å². The number of nitrogens with zero attached hydrogens (tertiary/aromatic N) is 3. The minimum Gasteiger partial charge on any atom is -0.454 e. The van der Waals surface area contributed by atoms with E-state index in [-0.39, 0.29) is 37.0 Å². The second kappa shape index (κ2) is 9.72. The highest BCUT2D eigenvalue weighted by Gasteiger charge is 2.40. The highest BCUT2D eigenvalue weighted by atomic mass is 16.7. The van der Waals surface area contributed by atoms with Gasteiger partial charge in [0.05, 0.1) is 29.3 Å². The first kappa shape index (κ1) is 23.8. The SMILES string of the molecule is CN(C(=O)C1CCCN(c2cccc3c2C(=O)N(Cc2ccc4c(c2)OCO4)C3=O)C1)C1CCCCC1. The molecule has 3 aliphatic heterocycles. The second-order valence-electron chi connectivity index (χ2n) is 10.6. The number of ether oxygens (including phenoxy) is 2. The molecule has 6 rings (SSSR count). The van der Waals surface area contributed by atoms with E-state index in [9.17, 15) is 14.4 Å². The first-order chi connectivity index (χ1) is 18.0. The average molecular weight is 504 g/mol. The first-order valence-corrected chi connectivity index (χ1v) is 13.4. The van der Waals surface area contributed by atoms with Crippen LogP contribution in [0.25, 0.3) is 0 Å². The third kappa shape index (κ3) is 4.32. The summed E-state index contributed by atoms with van der Waals surface area (Å²) in [6, 6.07) is 11.3. The van der Waals surface area contributed by atoms with Crippen molar-refractivity contribution < 1.29 is 23.9 Å². The van der Waals surface area contributed by atoms with Gasteiger partial charge in [-0.25, -0.2) is 0 Å². The Labute approximate surface area is 217 Å². The Balaban J connectivity index is 1.20. The van der Waals surface area contributed by atoms with Gasteiger partial charge in [-0.05, 0) is 55.5 Å². The third-order valence-electron chi connectivity index (χ3n) is 8.34.